The first-order chi connectivity index (χ1) is 9.24. The molecule has 0 atom stereocenters. The van der Waals surface area contributed by atoms with Crippen molar-refractivity contribution in [2.24, 2.45) is 5.92 Å². The van der Waals surface area contributed by atoms with Crippen LogP contribution in [0.15, 0.2) is 18.2 Å². The number of hydrogen-bond donors (Lipinski definition) is 0. The summed E-state index contributed by atoms with van der Waals surface area (Å²) < 4.78 is 2.33. The van der Waals surface area contributed by atoms with Gasteiger partial charge in [0.05, 0.1) is 11.0 Å². The molecule has 1 aromatic carbocycles. The Kier molecular flexibility index (Phi) is 2.32. The number of rotatable bonds is 3. The number of aryl methyl sites for hydroxylation is 1. The van der Waals surface area contributed by atoms with Gasteiger partial charge < -0.3 is 4.57 Å². The number of nitrogens with zero attached hydrogens (tertiary/aromatic N) is 2. The Hall–Kier alpha value is -1.64. The fourth-order valence-electron chi connectivity index (χ4n) is 3.07. The van der Waals surface area contributed by atoms with Crippen molar-refractivity contribution in [1.82, 2.24) is 9.55 Å². The van der Waals surface area contributed by atoms with Crippen LogP contribution in [0.2, 0.25) is 0 Å². The average Bonchev–Trinajstić information content (AvgIpc) is 3.09. The molecule has 3 nitrogen and oxygen atoms in total. The minimum absolute atomic E-state index is 0.268. The van der Waals surface area contributed by atoms with Gasteiger partial charge in [0.2, 0.25) is 0 Å². The van der Waals surface area contributed by atoms with Crippen molar-refractivity contribution < 1.29 is 4.79 Å². The van der Waals surface area contributed by atoms with Crippen LogP contribution < -0.4 is 0 Å². The molecule has 0 spiro atoms. The molecule has 0 N–H and O–H groups in total. The lowest BCUT2D eigenvalue weighted by Crippen LogP contribution is -2.21. The molecule has 98 valence electrons. The van der Waals surface area contributed by atoms with Gasteiger partial charge in [-0.25, -0.2) is 4.98 Å². The monoisotopic (exact) mass is 254 g/mol. The Morgan fingerprint density at radius 3 is 2.68 bits per heavy atom. The molecule has 2 aliphatic carbocycles. The number of hydrogen-bond acceptors (Lipinski definition) is 2. The molecular weight excluding hydrogens is 236 g/mol. The molecule has 1 heterocycles. The van der Waals surface area contributed by atoms with Crippen molar-refractivity contribution >= 4 is 16.8 Å². The van der Waals surface area contributed by atoms with Gasteiger partial charge in [0.15, 0.2) is 5.78 Å². The molecular formula is C16H18N2O. The summed E-state index contributed by atoms with van der Waals surface area (Å²) in [5, 5.41) is 0. The Morgan fingerprint density at radius 1 is 1.26 bits per heavy atom. The Bertz CT molecular complexity index is 663. The highest BCUT2D eigenvalue weighted by molar-refractivity contribution is 6.00. The summed E-state index contributed by atoms with van der Waals surface area (Å²) >= 11 is 0. The maximum atomic E-state index is 12.3. The van der Waals surface area contributed by atoms with Crippen LogP contribution >= 0.6 is 0 Å². The number of ketones is 1. The van der Waals surface area contributed by atoms with Gasteiger partial charge in [0.1, 0.15) is 5.82 Å². The summed E-state index contributed by atoms with van der Waals surface area (Å²) in [6, 6.07) is 6.70. The molecule has 2 aromatic rings. The second kappa shape index (κ2) is 3.92. The SMILES string of the molecule is Cc1nc2cc(C(=O)C3CCC3)ccc2n1C1CC1. The molecule has 0 aliphatic heterocycles. The van der Waals surface area contributed by atoms with Gasteiger partial charge in [0, 0.05) is 17.5 Å². The van der Waals surface area contributed by atoms with Crippen LogP contribution in [0.25, 0.3) is 11.0 Å². The van der Waals surface area contributed by atoms with E-state index in [4.69, 9.17) is 0 Å². The highest BCUT2D eigenvalue weighted by atomic mass is 16.1. The van der Waals surface area contributed by atoms with Crippen LogP contribution in [0.1, 0.15) is 54.3 Å². The zero-order valence-electron chi connectivity index (χ0n) is 11.2. The largest absolute Gasteiger partial charge is 0.325 e. The van der Waals surface area contributed by atoms with E-state index in [0.29, 0.717) is 11.8 Å². The summed E-state index contributed by atoms with van der Waals surface area (Å²) in [5.74, 6) is 1.65. The minimum atomic E-state index is 0.268. The molecule has 19 heavy (non-hydrogen) atoms. The van der Waals surface area contributed by atoms with E-state index in [9.17, 15) is 4.79 Å². The molecule has 0 unspecified atom stereocenters. The quantitative estimate of drug-likeness (QED) is 0.783. The van der Waals surface area contributed by atoms with Gasteiger partial charge in [0.25, 0.3) is 0 Å². The minimum Gasteiger partial charge on any atom is -0.325 e. The maximum Gasteiger partial charge on any atom is 0.166 e. The first kappa shape index (κ1) is 11.2. The van der Waals surface area contributed by atoms with Crippen LogP contribution in [0.5, 0.6) is 0 Å². The van der Waals surface area contributed by atoms with E-state index in [-0.39, 0.29) is 5.92 Å². The lowest BCUT2D eigenvalue weighted by molar-refractivity contribution is 0.0855. The number of benzene rings is 1. The molecule has 2 aliphatic rings. The van der Waals surface area contributed by atoms with E-state index in [0.717, 1.165) is 29.7 Å². The van der Waals surface area contributed by atoms with Crippen LogP contribution in [0.3, 0.4) is 0 Å². The molecule has 1 aromatic heterocycles. The van der Waals surface area contributed by atoms with Crippen molar-refractivity contribution in [3.05, 3.63) is 29.6 Å². The van der Waals surface area contributed by atoms with E-state index in [2.05, 4.69) is 22.5 Å². The summed E-state index contributed by atoms with van der Waals surface area (Å²) in [6.07, 6.45) is 5.84. The normalized spacial score (nSPS) is 19.6. The first-order valence-electron chi connectivity index (χ1n) is 7.27. The zero-order valence-corrected chi connectivity index (χ0v) is 11.2. The van der Waals surface area contributed by atoms with Gasteiger partial charge in [-0.1, -0.05) is 6.42 Å². The topological polar surface area (TPSA) is 34.9 Å². The molecule has 0 radical (unpaired) electrons. The number of carbonyl (C=O) groups is 1. The van der Waals surface area contributed by atoms with Crippen molar-refractivity contribution in [1.29, 1.82) is 0 Å². The van der Waals surface area contributed by atoms with Crippen molar-refractivity contribution in [2.75, 3.05) is 0 Å². The molecule has 0 saturated heterocycles. The molecule has 2 saturated carbocycles. The standard InChI is InChI=1S/C16H18N2O/c1-10-17-14-9-12(16(19)11-3-2-4-11)5-8-15(14)18(10)13-6-7-13/h5,8-9,11,13H,2-4,6-7H2,1H3. The van der Waals surface area contributed by atoms with E-state index >= 15 is 0 Å². The van der Waals surface area contributed by atoms with Crippen LogP contribution in [-0.4, -0.2) is 15.3 Å². The lowest BCUT2D eigenvalue weighted by atomic mass is 9.80. The Labute approximate surface area is 112 Å². The van der Waals surface area contributed by atoms with E-state index in [1.807, 2.05) is 12.1 Å². The lowest BCUT2D eigenvalue weighted by Gasteiger charge is -2.23. The number of imidazole rings is 1. The van der Waals surface area contributed by atoms with E-state index < -0.39 is 0 Å². The fraction of sp³-hybridized carbons (Fsp3) is 0.500. The van der Waals surface area contributed by atoms with Crippen LogP contribution in [0, 0.1) is 12.8 Å². The second-order valence-corrected chi connectivity index (χ2v) is 5.96. The predicted octanol–water partition coefficient (Wildman–Crippen LogP) is 3.66. The average molecular weight is 254 g/mol. The Morgan fingerprint density at radius 2 is 2.05 bits per heavy atom. The van der Waals surface area contributed by atoms with Gasteiger partial charge in [-0.15, -0.1) is 0 Å². The number of fused-ring (bicyclic) bond motifs is 1. The third-order valence-electron chi connectivity index (χ3n) is 4.54. The number of aromatic nitrogens is 2. The van der Waals surface area contributed by atoms with Crippen molar-refractivity contribution in [3.63, 3.8) is 0 Å². The van der Waals surface area contributed by atoms with Gasteiger partial charge in [-0.05, 0) is 50.8 Å². The Balaban J connectivity index is 1.77. The highest BCUT2D eigenvalue weighted by Gasteiger charge is 2.29. The summed E-state index contributed by atoms with van der Waals surface area (Å²) in [4.78, 5) is 16.9. The van der Waals surface area contributed by atoms with Gasteiger partial charge in [-0.2, -0.15) is 0 Å². The van der Waals surface area contributed by atoms with Crippen molar-refractivity contribution in [3.8, 4) is 0 Å². The summed E-state index contributed by atoms with van der Waals surface area (Å²) in [5.41, 5.74) is 3.01. The highest BCUT2D eigenvalue weighted by Crippen LogP contribution is 2.39. The smallest absolute Gasteiger partial charge is 0.166 e. The summed E-state index contributed by atoms with van der Waals surface area (Å²) in [7, 11) is 0. The van der Waals surface area contributed by atoms with Crippen LogP contribution in [-0.2, 0) is 0 Å². The fourth-order valence-corrected chi connectivity index (χ4v) is 3.07. The zero-order chi connectivity index (χ0) is 13.0. The maximum absolute atomic E-state index is 12.3. The number of carbonyl (C=O) groups excluding carboxylic acids is 1. The number of Topliss-reactive ketones (excluding diaryl/α,β-unsaturated/α-hetero) is 1. The van der Waals surface area contributed by atoms with Gasteiger partial charge in [-0.3, -0.25) is 4.79 Å². The second-order valence-electron chi connectivity index (χ2n) is 5.96. The van der Waals surface area contributed by atoms with E-state index in [1.54, 1.807) is 0 Å². The van der Waals surface area contributed by atoms with Crippen LogP contribution in [0.4, 0.5) is 0 Å². The molecule has 0 bridgehead atoms. The molecule has 0 amide bonds. The summed E-state index contributed by atoms with van der Waals surface area (Å²) in [6.45, 7) is 2.06. The molecule has 2 fully saturated rings. The van der Waals surface area contributed by atoms with Gasteiger partial charge >= 0.3 is 0 Å². The molecule has 3 heteroatoms. The molecule has 4 rings (SSSR count). The first-order valence-corrected chi connectivity index (χ1v) is 7.27. The van der Waals surface area contributed by atoms with E-state index in [1.165, 1.54) is 24.8 Å². The third-order valence-corrected chi connectivity index (χ3v) is 4.54. The predicted molar refractivity (Wildman–Crippen MR) is 74.4 cm³/mol. The van der Waals surface area contributed by atoms with Crippen molar-refractivity contribution in [2.45, 2.75) is 45.1 Å². The third kappa shape index (κ3) is 1.71.